The molecule has 0 saturated carbocycles. The van der Waals surface area contributed by atoms with Crippen LogP contribution < -0.4 is 5.32 Å². The highest BCUT2D eigenvalue weighted by atomic mass is 32.2. The highest BCUT2D eigenvalue weighted by molar-refractivity contribution is 7.99. The minimum absolute atomic E-state index is 0.437. The zero-order chi connectivity index (χ0) is 10.1. The molecule has 0 atom stereocenters. The van der Waals surface area contributed by atoms with Crippen LogP contribution in [0.4, 0.5) is 5.69 Å². The number of fused-ring (bicyclic) bond motifs is 1. The van der Waals surface area contributed by atoms with Crippen LogP contribution >= 0.6 is 11.8 Å². The van der Waals surface area contributed by atoms with Gasteiger partial charge < -0.3 is 5.32 Å². The molecule has 1 N–H and O–H groups in total. The number of nitrogens with one attached hydrogen (secondary N) is 1. The van der Waals surface area contributed by atoms with E-state index in [1.165, 1.54) is 0 Å². The van der Waals surface area contributed by atoms with E-state index in [0.29, 0.717) is 11.3 Å². The Morgan fingerprint density at radius 2 is 2.14 bits per heavy atom. The van der Waals surface area contributed by atoms with E-state index in [4.69, 9.17) is 0 Å². The Balaban J connectivity index is 2.39. The molecule has 1 amide bonds. The van der Waals surface area contributed by atoms with E-state index in [2.05, 4.69) is 12.2 Å². The molecule has 0 unspecified atom stereocenters. The summed E-state index contributed by atoms with van der Waals surface area (Å²) >= 11 is 1.68. The van der Waals surface area contributed by atoms with E-state index in [1.54, 1.807) is 17.8 Å². The van der Waals surface area contributed by atoms with Crippen molar-refractivity contribution in [1.29, 1.82) is 0 Å². The molecular formula is C10H9NO2S. The van der Waals surface area contributed by atoms with Crippen LogP contribution in [0.1, 0.15) is 17.3 Å². The molecule has 0 bridgehead atoms. The van der Waals surface area contributed by atoms with Gasteiger partial charge in [-0.15, -0.1) is 11.8 Å². The van der Waals surface area contributed by atoms with E-state index in [-0.39, 0.29) is 0 Å². The summed E-state index contributed by atoms with van der Waals surface area (Å²) in [5, 5.41) is 2.54. The summed E-state index contributed by atoms with van der Waals surface area (Å²) in [6, 6.07) is 5.41. The Bertz CT molecular complexity index is 415. The zero-order valence-corrected chi connectivity index (χ0v) is 8.48. The summed E-state index contributed by atoms with van der Waals surface area (Å²) in [4.78, 5) is 23.4. The molecule has 1 aromatic rings. The lowest BCUT2D eigenvalue weighted by Gasteiger charge is -2.00. The minimum Gasteiger partial charge on any atom is -0.318 e. The molecule has 1 aliphatic rings. The van der Waals surface area contributed by atoms with E-state index in [1.807, 2.05) is 12.1 Å². The monoisotopic (exact) mass is 207 g/mol. The fraction of sp³-hybridized carbons (Fsp3) is 0.200. The van der Waals surface area contributed by atoms with Crippen molar-refractivity contribution < 1.29 is 9.59 Å². The van der Waals surface area contributed by atoms with Gasteiger partial charge in [0, 0.05) is 4.90 Å². The third kappa shape index (κ3) is 1.42. The van der Waals surface area contributed by atoms with Gasteiger partial charge in [0.25, 0.3) is 11.7 Å². The lowest BCUT2D eigenvalue weighted by atomic mass is 10.1. The second-order valence-corrected chi connectivity index (χ2v) is 4.26. The van der Waals surface area contributed by atoms with E-state index < -0.39 is 11.7 Å². The van der Waals surface area contributed by atoms with Crippen LogP contribution in [0, 0.1) is 0 Å². The molecule has 14 heavy (non-hydrogen) atoms. The first-order valence-corrected chi connectivity index (χ1v) is 5.33. The molecule has 72 valence electrons. The van der Waals surface area contributed by atoms with Crippen molar-refractivity contribution in [2.24, 2.45) is 0 Å². The number of rotatable bonds is 2. The van der Waals surface area contributed by atoms with Gasteiger partial charge in [-0.3, -0.25) is 9.59 Å². The molecule has 2 rings (SSSR count). The topological polar surface area (TPSA) is 46.2 Å². The van der Waals surface area contributed by atoms with E-state index >= 15 is 0 Å². The number of Topliss-reactive ketones (excluding diaryl/α,β-unsaturated/α-hetero) is 1. The molecule has 0 spiro atoms. The normalized spacial score (nSPS) is 14.1. The van der Waals surface area contributed by atoms with Crippen molar-refractivity contribution >= 4 is 29.1 Å². The molecule has 0 aromatic heterocycles. The Kier molecular flexibility index (Phi) is 2.29. The lowest BCUT2D eigenvalue weighted by Crippen LogP contribution is -2.12. The minimum atomic E-state index is -0.529. The molecule has 0 saturated heterocycles. The summed E-state index contributed by atoms with van der Waals surface area (Å²) in [5.74, 6) is 0.00688. The molecular weight excluding hydrogens is 198 g/mol. The largest absolute Gasteiger partial charge is 0.318 e. The average molecular weight is 207 g/mol. The predicted octanol–water partition coefficient (Wildman–Crippen LogP) is 1.93. The average Bonchev–Trinajstić information content (AvgIpc) is 2.43. The summed E-state index contributed by atoms with van der Waals surface area (Å²) in [7, 11) is 0. The van der Waals surface area contributed by atoms with Crippen molar-refractivity contribution in [1.82, 2.24) is 0 Å². The fourth-order valence-electron chi connectivity index (χ4n) is 1.38. The lowest BCUT2D eigenvalue weighted by molar-refractivity contribution is -0.112. The van der Waals surface area contributed by atoms with Crippen molar-refractivity contribution in [3.8, 4) is 0 Å². The standard InChI is InChI=1S/C10H9NO2S/c1-2-14-6-3-4-7-8(5-6)11-10(13)9(7)12/h3-5H,2H2,1H3,(H,11,12,13). The Morgan fingerprint density at radius 1 is 1.36 bits per heavy atom. The predicted molar refractivity (Wildman–Crippen MR) is 55.8 cm³/mol. The number of amides is 1. The quantitative estimate of drug-likeness (QED) is 0.595. The Morgan fingerprint density at radius 3 is 2.86 bits per heavy atom. The zero-order valence-electron chi connectivity index (χ0n) is 7.66. The first-order valence-electron chi connectivity index (χ1n) is 4.35. The van der Waals surface area contributed by atoms with Gasteiger partial charge in [0.05, 0.1) is 11.3 Å². The number of anilines is 1. The Hall–Kier alpha value is -1.29. The third-order valence-corrected chi connectivity index (χ3v) is 2.88. The number of ketones is 1. The van der Waals surface area contributed by atoms with Crippen LogP contribution in [-0.4, -0.2) is 17.4 Å². The smallest absolute Gasteiger partial charge is 0.296 e. The highest BCUT2D eigenvalue weighted by Crippen LogP contribution is 2.28. The number of hydrogen-bond acceptors (Lipinski definition) is 3. The third-order valence-electron chi connectivity index (χ3n) is 2.00. The van der Waals surface area contributed by atoms with Gasteiger partial charge >= 0.3 is 0 Å². The van der Waals surface area contributed by atoms with Gasteiger partial charge in [-0.2, -0.15) is 0 Å². The second-order valence-electron chi connectivity index (χ2n) is 2.92. The summed E-state index contributed by atoms with van der Waals surface area (Å²) in [6.07, 6.45) is 0. The van der Waals surface area contributed by atoms with Crippen molar-refractivity contribution in [3.63, 3.8) is 0 Å². The molecule has 4 heteroatoms. The second kappa shape index (κ2) is 3.46. The maximum absolute atomic E-state index is 11.2. The number of benzene rings is 1. The molecule has 1 aliphatic heterocycles. The van der Waals surface area contributed by atoms with E-state index in [0.717, 1.165) is 10.6 Å². The number of carbonyl (C=O) groups is 2. The van der Waals surface area contributed by atoms with Crippen LogP contribution in [0.3, 0.4) is 0 Å². The first kappa shape index (κ1) is 9.27. The maximum Gasteiger partial charge on any atom is 0.296 e. The molecule has 1 heterocycles. The summed E-state index contributed by atoms with van der Waals surface area (Å²) in [5.41, 5.74) is 1.12. The SMILES string of the molecule is CCSc1ccc2c(c1)NC(=O)C2=O. The number of hydrogen-bond donors (Lipinski definition) is 1. The van der Waals surface area contributed by atoms with Gasteiger partial charge in [0.2, 0.25) is 0 Å². The van der Waals surface area contributed by atoms with E-state index in [9.17, 15) is 9.59 Å². The van der Waals surface area contributed by atoms with Gasteiger partial charge in [0.15, 0.2) is 0 Å². The van der Waals surface area contributed by atoms with Gasteiger partial charge in [-0.1, -0.05) is 6.92 Å². The van der Waals surface area contributed by atoms with Crippen molar-refractivity contribution in [3.05, 3.63) is 23.8 Å². The van der Waals surface area contributed by atoms with Crippen LogP contribution in [0.2, 0.25) is 0 Å². The molecule has 0 fully saturated rings. The molecule has 0 aliphatic carbocycles. The molecule has 1 aromatic carbocycles. The van der Waals surface area contributed by atoms with Crippen LogP contribution in [-0.2, 0) is 4.79 Å². The van der Waals surface area contributed by atoms with Crippen LogP contribution in [0.25, 0.3) is 0 Å². The first-order chi connectivity index (χ1) is 6.72. The molecule has 3 nitrogen and oxygen atoms in total. The number of thioether (sulfide) groups is 1. The summed E-state index contributed by atoms with van der Waals surface area (Å²) < 4.78 is 0. The summed E-state index contributed by atoms with van der Waals surface area (Å²) in [6.45, 7) is 2.06. The molecule has 0 radical (unpaired) electrons. The maximum atomic E-state index is 11.2. The fourth-order valence-corrected chi connectivity index (χ4v) is 2.08. The highest BCUT2D eigenvalue weighted by Gasteiger charge is 2.27. The Labute approximate surface area is 85.9 Å². The van der Waals surface area contributed by atoms with Gasteiger partial charge in [-0.25, -0.2) is 0 Å². The van der Waals surface area contributed by atoms with Crippen molar-refractivity contribution in [2.75, 3.05) is 11.1 Å². The van der Waals surface area contributed by atoms with Gasteiger partial charge in [0.1, 0.15) is 0 Å². The van der Waals surface area contributed by atoms with Crippen molar-refractivity contribution in [2.45, 2.75) is 11.8 Å². The van der Waals surface area contributed by atoms with Gasteiger partial charge in [-0.05, 0) is 24.0 Å². The van der Waals surface area contributed by atoms with Crippen LogP contribution in [0.5, 0.6) is 0 Å². The number of carbonyl (C=O) groups excluding carboxylic acids is 2. The van der Waals surface area contributed by atoms with Crippen LogP contribution in [0.15, 0.2) is 23.1 Å².